The minimum absolute atomic E-state index is 0.326. The first-order valence-corrected chi connectivity index (χ1v) is 6.24. The van der Waals surface area contributed by atoms with Crippen molar-refractivity contribution in [2.24, 2.45) is 0 Å². The first kappa shape index (κ1) is 13.9. The Morgan fingerprint density at radius 1 is 1.32 bits per heavy atom. The van der Waals surface area contributed by atoms with Crippen molar-refractivity contribution in [1.29, 1.82) is 0 Å². The average Bonchev–Trinajstić information content (AvgIpc) is 2.80. The maximum absolute atomic E-state index is 13.3. The highest BCUT2D eigenvalue weighted by Gasteiger charge is 2.19. The first-order valence-electron chi connectivity index (χ1n) is 6.24. The molecule has 1 aliphatic heterocycles. The maximum atomic E-state index is 13.3. The number of hydrogen-bond acceptors (Lipinski definition) is 2. The van der Waals surface area contributed by atoms with E-state index in [2.05, 4.69) is 10.6 Å². The van der Waals surface area contributed by atoms with Crippen LogP contribution < -0.4 is 10.6 Å². The molecular weight excluding hydrogens is 257 g/mol. The lowest BCUT2D eigenvalue weighted by Gasteiger charge is -2.11. The summed E-state index contributed by atoms with van der Waals surface area (Å²) < 4.78 is 39.4. The number of rotatable bonds is 4. The van der Waals surface area contributed by atoms with Crippen LogP contribution in [0.5, 0.6) is 0 Å². The monoisotopic (exact) mass is 272 g/mol. The molecule has 0 aliphatic carbocycles. The quantitative estimate of drug-likeness (QED) is 0.880. The second kappa shape index (κ2) is 6.06. The Balaban J connectivity index is 1.92. The number of halogens is 3. The summed E-state index contributed by atoms with van der Waals surface area (Å²) >= 11 is 0. The normalized spacial score (nSPS) is 18.6. The van der Waals surface area contributed by atoms with Gasteiger partial charge in [-0.05, 0) is 25.8 Å². The van der Waals surface area contributed by atoms with E-state index in [1.54, 1.807) is 0 Å². The second-order valence-corrected chi connectivity index (χ2v) is 4.58. The van der Waals surface area contributed by atoms with Gasteiger partial charge in [0.1, 0.15) is 23.0 Å². The van der Waals surface area contributed by atoms with Gasteiger partial charge in [0, 0.05) is 24.7 Å². The summed E-state index contributed by atoms with van der Waals surface area (Å²) in [5, 5.41) is 5.70. The first-order chi connectivity index (χ1) is 9.08. The molecule has 2 rings (SSSR count). The highest BCUT2D eigenvalue weighted by Crippen LogP contribution is 2.14. The van der Waals surface area contributed by atoms with Gasteiger partial charge in [-0.15, -0.1) is 0 Å². The van der Waals surface area contributed by atoms with Gasteiger partial charge in [-0.1, -0.05) is 0 Å². The molecule has 1 saturated heterocycles. The number of hydrogen-bond donors (Lipinski definition) is 2. The fraction of sp³-hybridized carbons (Fsp3) is 0.462. The molecule has 0 aromatic heterocycles. The van der Waals surface area contributed by atoms with E-state index in [4.69, 9.17) is 0 Å². The highest BCUT2D eigenvalue weighted by atomic mass is 19.1. The van der Waals surface area contributed by atoms with Crippen molar-refractivity contribution < 1.29 is 18.0 Å². The van der Waals surface area contributed by atoms with E-state index in [1.807, 2.05) is 0 Å². The summed E-state index contributed by atoms with van der Waals surface area (Å²) in [7, 11) is 0. The van der Waals surface area contributed by atoms with Crippen LogP contribution in [-0.4, -0.2) is 25.0 Å². The molecule has 1 aromatic rings. The van der Waals surface area contributed by atoms with Crippen LogP contribution in [0.15, 0.2) is 12.1 Å². The average molecular weight is 272 g/mol. The Bertz CT molecular complexity index is 450. The smallest absolute Gasteiger partial charge is 0.257 e. The predicted molar refractivity (Wildman–Crippen MR) is 64.3 cm³/mol. The third-order valence-corrected chi connectivity index (χ3v) is 3.17. The Morgan fingerprint density at radius 3 is 2.58 bits per heavy atom. The molecule has 1 aliphatic rings. The summed E-state index contributed by atoms with van der Waals surface area (Å²) in [6.07, 6.45) is 2.84. The molecule has 0 saturated carbocycles. The molecule has 2 N–H and O–H groups in total. The van der Waals surface area contributed by atoms with Crippen LogP contribution in [0.4, 0.5) is 13.2 Å². The standard InChI is InChI=1S/C13H15F3N2O/c14-8-6-10(15)12(11(16)7-8)13(19)18-5-3-9-2-1-4-17-9/h6-7,9,17H,1-5H2,(H,18,19)/t9-/m1/s1. The predicted octanol–water partition coefficient (Wildman–Crippen LogP) is 1.98. The summed E-state index contributed by atoms with van der Waals surface area (Å²) in [5.41, 5.74) is -0.735. The number of amides is 1. The van der Waals surface area contributed by atoms with Crippen molar-refractivity contribution >= 4 is 5.91 Å². The lowest BCUT2D eigenvalue weighted by Crippen LogP contribution is -2.31. The molecule has 0 unspecified atom stereocenters. The molecule has 1 atom stereocenters. The number of benzene rings is 1. The molecule has 6 heteroatoms. The minimum Gasteiger partial charge on any atom is -0.352 e. The van der Waals surface area contributed by atoms with Gasteiger partial charge in [0.2, 0.25) is 0 Å². The lowest BCUT2D eigenvalue weighted by molar-refractivity contribution is 0.0943. The third-order valence-electron chi connectivity index (χ3n) is 3.17. The summed E-state index contributed by atoms with van der Waals surface area (Å²) in [5.74, 6) is -4.27. The van der Waals surface area contributed by atoms with Crippen LogP contribution in [-0.2, 0) is 0 Å². The van der Waals surface area contributed by atoms with Crippen LogP contribution in [0.2, 0.25) is 0 Å². The van der Waals surface area contributed by atoms with Crippen LogP contribution in [0.1, 0.15) is 29.6 Å². The van der Waals surface area contributed by atoms with Crippen molar-refractivity contribution in [2.75, 3.05) is 13.1 Å². The van der Waals surface area contributed by atoms with Gasteiger partial charge in [0.15, 0.2) is 0 Å². The van der Waals surface area contributed by atoms with Crippen LogP contribution >= 0.6 is 0 Å². The zero-order valence-electron chi connectivity index (χ0n) is 10.3. The summed E-state index contributed by atoms with van der Waals surface area (Å²) in [6, 6.07) is 1.33. The molecule has 1 heterocycles. The van der Waals surface area contributed by atoms with Gasteiger partial charge >= 0.3 is 0 Å². The molecule has 19 heavy (non-hydrogen) atoms. The van der Waals surface area contributed by atoms with E-state index >= 15 is 0 Å². The Kier molecular flexibility index (Phi) is 4.42. The molecule has 1 amide bonds. The van der Waals surface area contributed by atoms with E-state index in [0.717, 1.165) is 19.4 Å². The molecular formula is C13H15F3N2O. The van der Waals surface area contributed by atoms with Crippen molar-refractivity contribution in [3.63, 3.8) is 0 Å². The zero-order valence-corrected chi connectivity index (χ0v) is 10.3. The lowest BCUT2D eigenvalue weighted by atomic mass is 10.1. The van der Waals surface area contributed by atoms with Gasteiger partial charge in [-0.2, -0.15) is 0 Å². The van der Waals surface area contributed by atoms with E-state index in [9.17, 15) is 18.0 Å². The molecule has 0 radical (unpaired) electrons. The molecule has 1 aromatic carbocycles. The Hall–Kier alpha value is -1.56. The van der Waals surface area contributed by atoms with Crippen molar-refractivity contribution in [3.05, 3.63) is 35.1 Å². The second-order valence-electron chi connectivity index (χ2n) is 4.58. The number of carbonyl (C=O) groups is 1. The van der Waals surface area contributed by atoms with Gasteiger partial charge < -0.3 is 10.6 Å². The van der Waals surface area contributed by atoms with E-state index in [1.165, 1.54) is 0 Å². The third kappa shape index (κ3) is 3.47. The fourth-order valence-electron chi connectivity index (χ4n) is 2.21. The van der Waals surface area contributed by atoms with Crippen LogP contribution in [0.3, 0.4) is 0 Å². The molecule has 0 spiro atoms. The van der Waals surface area contributed by atoms with E-state index < -0.39 is 28.9 Å². The zero-order chi connectivity index (χ0) is 13.8. The Labute approximate surface area is 109 Å². The van der Waals surface area contributed by atoms with Gasteiger partial charge in [0.05, 0.1) is 0 Å². The minimum atomic E-state index is -1.19. The number of carbonyl (C=O) groups excluding carboxylic acids is 1. The largest absolute Gasteiger partial charge is 0.352 e. The van der Waals surface area contributed by atoms with Crippen molar-refractivity contribution in [1.82, 2.24) is 10.6 Å². The molecule has 0 bridgehead atoms. The maximum Gasteiger partial charge on any atom is 0.257 e. The van der Waals surface area contributed by atoms with Gasteiger partial charge in [0.25, 0.3) is 5.91 Å². The van der Waals surface area contributed by atoms with Crippen LogP contribution in [0.25, 0.3) is 0 Å². The molecule has 3 nitrogen and oxygen atoms in total. The van der Waals surface area contributed by atoms with E-state index in [-0.39, 0.29) is 0 Å². The van der Waals surface area contributed by atoms with Crippen molar-refractivity contribution in [2.45, 2.75) is 25.3 Å². The number of nitrogens with one attached hydrogen (secondary N) is 2. The SMILES string of the molecule is O=C(NCC[C@H]1CCCN1)c1c(F)cc(F)cc1F. The molecule has 104 valence electrons. The van der Waals surface area contributed by atoms with E-state index in [0.29, 0.717) is 31.1 Å². The van der Waals surface area contributed by atoms with Crippen molar-refractivity contribution in [3.8, 4) is 0 Å². The van der Waals surface area contributed by atoms with Crippen LogP contribution in [0, 0.1) is 17.5 Å². The summed E-state index contributed by atoms with van der Waals surface area (Å²) in [4.78, 5) is 11.6. The topological polar surface area (TPSA) is 41.1 Å². The van der Waals surface area contributed by atoms with Gasteiger partial charge in [-0.25, -0.2) is 13.2 Å². The van der Waals surface area contributed by atoms with Gasteiger partial charge in [-0.3, -0.25) is 4.79 Å². The highest BCUT2D eigenvalue weighted by molar-refractivity contribution is 5.94. The fourth-order valence-corrected chi connectivity index (χ4v) is 2.21. The Morgan fingerprint density at radius 2 is 2.00 bits per heavy atom. The molecule has 1 fully saturated rings. The summed E-state index contributed by atoms with van der Waals surface area (Å²) in [6.45, 7) is 1.28.